The first-order valence-electron chi connectivity index (χ1n) is 9.29. The molecule has 4 heteroatoms. The number of nitrogens with one attached hydrogen (secondary N) is 2. The fourth-order valence-electron chi connectivity index (χ4n) is 3.32. The molecule has 0 bridgehead atoms. The van der Waals surface area contributed by atoms with Gasteiger partial charge in [-0.1, -0.05) is 39.2 Å². The SMILES string of the molecule is C=CCCN1C=C(c2cc(C=C)cc3[nH]cnc23)c2cc[nH]c2C1=C.CC. The number of hydrogen-bond acceptors (Lipinski definition) is 2. The zero-order valence-electron chi connectivity index (χ0n) is 16.0. The lowest BCUT2D eigenvalue weighted by molar-refractivity contribution is 0.535. The lowest BCUT2D eigenvalue weighted by Gasteiger charge is -2.29. The van der Waals surface area contributed by atoms with E-state index < -0.39 is 0 Å². The van der Waals surface area contributed by atoms with Crippen molar-refractivity contribution < 1.29 is 0 Å². The van der Waals surface area contributed by atoms with Gasteiger partial charge in [0, 0.05) is 35.6 Å². The second-order valence-electron chi connectivity index (χ2n) is 6.10. The Hall–Kier alpha value is -3.27. The zero-order chi connectivity index (χ0) is 19.4. The van der Waals surface area contributed by atoms with E-state index in [1.807, 2.05) is 32.2 Å². The highest BCUT2D eigenvalue weighted by Crippen LogP contribution is 2.38. The first-order chi connectivity index (χ1) is 13.2. The molecule has 0 radical (unpaired) electrons. The van der Waals surface area contributed by atoms with Crippen LogP contribution in [-0.4, -0.2) is 26.4 Å². The lowest BCUT2D eigenvalue weighted by atomic mass is 9.92. The summed E-state index contributed by atoms with van der Waals surface area (Å²) in [5.41, 5.74) is 8.42. The summed E-state index contributed by atoms with van der Waals surface area (Å²) in [6, 6.07) is 6.30. The van der Waals surface area contributed by atoms with E-state index in [0.29, 0.717) is 0 Å². The first-order valence-corrected chi connectivity index (χ1v) is 9.29. The third-order valence-electron chi connectivity index (χ3n) is 4.60. The summed E-state index contributed by atoms with van der Waals surface area (Å²) < 4.78 is 0. The Bertz CT molecular complexity index is 1020. The molecule has 1 aromatic carbocycles. The third kappa shape index (κ3) is 3.26. The van der Waals surface area contributed by atoms with E-state index in [1.54, 1.807) is 6.33 Å². The van der Waals surface area contributed by atoms with E-state index in [0.717, 1.165) is 57.7 Å². The molecule has 1 aliphatic heterocycles. The van der Waals surface area contributed by atoms with Gasteiger partial charge in [0.15, 0.2) is 0 Å². The highest BCUT2D eigenvalue weighted by molar-refractivity contribution is 5.98. The van der Waals surface area contributed by atoms with Crippen LogP contribution in [0.5, 0.6) is 0 Å². The quantitative estimate of drug-likeness (QED) is 0.565. The maximum atomic E-state index is 4.53. The average Bonchev–Trinajstić information content (AvgIpc) is 3.38. The number of benzene rings is 1. The minimum absolute atomic E-state index is 0.842. The molecule has 4 rings (SSSR count). The monoisotopic (exact) mass is 358 g/mol. The number of aromatic nitrogens is 3. The van der Waals surface area contributed by atoms with Gasteiger partial charge in [0.2, 0.25) is 0 Å². The second kappa shape index (κ2) is 7.96. The molecular weight excluding hydrogens is 332 g/mol. The Morgan fingerprint density at radius 1 is 1.15 bits per heavy atom. The van der Waals surface area contributed by atoms with Crippen molar-refractivity contribution in [3.05, 3.63) is 85.1 Å². The topological polar surface area (TPSA) is 47.7 Å². The van der Waals surface area contributed by atoms with Gasteiger partial charge in [-0.3, -0.25) is 0 Å². The van der Waals surface area contributed by atoms with Crippen molar-refractivity contribution in [2.45, 2.75) is 20.3 Å². The van der Waals surface area contributed by atoms with E-state index in [1.165, 1.54) is 0 Å². The Balaban J connectivity index is 0.00000102. The molecular formula is C23H26N4. The number of hydrogen-bond donors (Lipinski definition) is 2. The molecule has 27 heavy (non-hydrogen) atoms. The Labute approximate surface area is 160 Å². The molecule has 0 atom stereocenters. The minimum Gasteiger partial charge on any atom is -0.359 e. The van der Waals surface area contributed by atoms with Crippen LogP contribution in [0.25, 0.3) is 28.4 Å². The van der Waals surface area contributed by atoms with Crippen molar-refractivity contribution in [3.8, 4) is 0 Å². The summed E-state index contributed by atoms with van der Waals surface area (Å²) in [5, 5.41) is 0. The molecule has 3 heterocycles. The van der Waals surface area contributed by atoms with E-state index in [9.17, 15) is 0 Å². The van der Waals surface area contributed by atoms with Crippen LogP contribution in [-0.2, 0) is 0 Å². The molecule has 1 aliphatic rings. The Morgan fingerprint density at radius 3 is 2.70 bits per heavy atom. The maximum Gasteiger partial charge on any atom is 0.0962 e. The summed E-state index contributed by atoms with van der Waals surface area (Å²) in [5.74, 6) is 0. The number of H-pyrrole nitrogens is 2. The van der Waals surface area contributed by atoms with Gasteiger partial charge in [0.25, 0.3) is 0 Å². The van der Waals surface area contributed by atoms with Crippen LogP contribution in [0.2, 0.25) is 0 Å². The van der Waals surface area contributed by atoms with E-state index in [2.05, 4.69) is 64.0 Å². The largest absolute Gasteiger partial charge is 0.359 e. The molecule has 2 N–H and O–H groups in total. The number of nitrogens with zero attached hydrogens (tertiary/aromatic N) is 2. The normalized spacial score (nSPS) is 12.9. The highest BCUT2D eigenvalue weighted by Gasteiger charge is 2.24. The molecule has 2 aromatic heterocycles. The summed E-state index contributed by atoms with van der Waals surface area (Å²) >= 11 is 0. The standard InChI is InChI=1S/C21H20N4.C2H6/c1-4-6-9-25-12-18(16-7-8-22-20(16)14(25)3)17-10-15(5-2)11-19-21(17)24-13-23-19;1-2/h4-5,7-8,10-13,22H,1-3,6,9H2,(H,23,24);1-2H3. The molecule has 0 spiro atoms. The van der Waals surface area contributed by atoms with Crippen LogP contribution in [0.4, 0.5) is 0 Å². The molecule has 0 unspecified atom stereocenters. The fourth-order valence-corrected chi connectivity index (χ4v) is 3.32. The van der Waals surface area contributed by atoms with Gasteiger partial charge < -0.3 is 14.9 Å². The van der Waals surface area contributed by atoms with Gasteiger partial charge in [-0.2, -0.15) is 0 Å². The van der Waals surface area contributed by atoms with Gasteiger partial charge in [-0.05, 0) is 30.2 Å². The third-order valence-corrected chi connectivity index (χ3v) is 4.60. The van der Waals surface area contributed by atoms with Crippen molar-refractivity contribution in [1.82, 2.24) is 19.9 Å². The van der Waals surface area contributed by atoms with Gasteiger partial charge in [-0.15, -0.1) is 6.58 Å². The van der Waals surface area contributed by atoms with Crippen molar-refractivity contribution in [1.29, 1.82) is 0 Å². The van der Waals surface area contributed by atoms with Gasteiger partial charge >= 0.3 is 0 Å². The molecule has 3 aromatic rings. The number of rotatable bonds is 5. The van der Waals surface area contributed by atoms with Crippen LogP contribution >= 0.6 is 0 Å². The van der Waals surface area contributed by atoms with Crippen LogP contribution in [0, 0.1) is 0 Å². The van der Waals surface area contributed by atoms with E-state index in [-0.39, 0.29) is 0 Å². The summed E-state index contributed by atoms with van der Waals surface area (Å²) in [7, 11) is 0. The predicted molar refractivity (Wildman–Crippen MR) is 116 cm³/mol. The lowest BCUT2D eigenvalue weighted by Crippen LogP contribution is -2.21. The van der Waals surface area contributed by atoms with Crippen molar-refractivity contribution in [2.24, 2.45) is 0 Å². The van der Waals surface area contributed by atoms with E-state index in [4.69, 9.17) is 0 Å². The summed E-state index contributed by atoms with van der Waals surface area (Å²) in [6.45, 7) is 16.8. The maximum absolute atomic E-state index is 4.53. The van der Waals surface area contributed by atoms with Crippen LogP contribution < -0.4 is 0 Å². The van der Waals surface area contributed by atoms with Crippen LogP contribution in [0.3, 0.4) is 0 Å². The highest BCUT2D eigenvalue weighted by atomic mass is 15.1. The van der Waals surface area contributed by atoms with Gasteiger partial charge in [-0.25, -0.2) is 4.98 Å². The molecule has 138 valence electrons. The molecule has 0 saturated heterocycles. The molecule has 0 fully saturated rings. The minimum atomic E-state index is 0.842. The molecule has 0 saturated carbocycles. The van der Waals surface area contributed by atoms with E-state index >= 15 is 0 Å². The Kier molecular flexibility index (Phi) is 5.46. The van der Waals surface area contributed by atoms with Crippen molar-refractivity contribution >= 4 is 28.4 Å². The van der Waals surface area contributed by atoms with Crippen molar-refractivity contribution in [2.75, 3.05) is 6.54 Å². The predicted octanol–water partition coefficient (Wildman–Crippen LogP) is 5.81. The molecule has 0 aliphatic carbocycles. The Morgan fingerprint density at radius 2 is 1.96 bits per heavy atom. The van der Waals surface area contributed by atoms with Crippen LogP contribution in [0.1, 0.15) is 42.7 Å². The summed E-state index contributed by atoms with van der Waals surface area (Å²) in [4.78, 5) is 13.2. The molecule has 0 amide bonds. The van der Waals surface area contributed by atoms with Crippen molar-refractivity contribution in [3.63, 3.8) is 0 Å². The number of imidazole rings is 1. The fraction of sp³-hybridized carbons (Fsp3) is 0.174. The number of fused-ring (bicyclic) bond motifs is 2. The second-order valence-corrected chi connectivity index (χ2v) is 6.10. The molecule has 4 nitrogen and oxygen atoms in total. The average molecular weight is 358 g/mol. The zero-order valence-corrected chi connectivity index (χ0v) is 16.0. The van der Waals surface area contributed by atoms with Gasteiger partial charge in [0.05, 0.1) is 28.8 Å². The smallest absolute Gasteiger partial charge is 0.0962 e. The first kappa shape index (κ1) is 18.5. The number of aromatic amines is 2. The van der Waals surface area contributed by atoms with Crippen LogP contribution in [0.15, 0.2) is 62.7 Å². The van der Waals surface area contributed by atoms with Gasteiger partial charge in [0.1, 0.15) is 0 Å². The summed E-state index contributed by atoms with van der Waals surface area (Å²) in [6.07, 6.45) is 10.5.